The Morgan fingerprint density at radius 1 is 1.50 bits per heavy atom. The first-order chi connectivity index (χ1) is 9.56. The van der Waals surface area contributed by atoms with Crippen LogP contribution in [0, 0.1) is 12.8 Å². The Morgan fingerprint density at radius 2 is 2.25 bits per heavy atom. The van der Waals surface area contributed by atoms with E-state index < -0.39 is 0 Å². The number of nitrogens with two attached hydrogens (primary N) is 1. The molecule has 1 aliphatic rings. The van der Waals surface area contributed by atoms with Gasteiger partial charge in [0.15, 0.2) is 0 Å². The second-order valence-corrected chi connectivity index (χ2v) is 5.70. The van der Waals surface area contributed by atoms with E-state index in [9.17, 15) is 4.79 Å². The zero-order chi connectivity index (χ0) is 14.7. The lowest BCUT2D eigenvalue weighted by atomic mass is 9.91. The van der Waals surface area contributed by atoms with Crippen molar-refractivity contribution in [3.8, 4) is 5.75 Å². The molecule has 1 aromatic carbocycles. The second-order valence-electron chi connectivity index (χ2n) is 5.70. The molecule has 2 rings (SSSR count). The number of benzene rings is 1. The van der Waals surface area contributed by atoms with Crippen LogP contribution in [0.3, 0.4) is 0 Å². The van der Waals surface area contributed by atoms with E-state index in [2.05, 4.69) is 6.92 Å². The Kier molecular flexibility index (Phi) is 4.65. The molecule has 0 saturated carbocycles. The number of carbonyl (C=O) groups is 1. The summed E-state index contributed by atoms with van der Waals surface area (Å²) >= 11 is 0. The van der Waals surface area contributed by atoms with Crippen molar-refractivity contribution in [1.82, 2.24) is 4.90 Å². The van der Waals surface area contributed by atoms with Crippen LogP contribution in [0.4, 0.5) is 0 Å². The predicted molar refractivity (Wildman–Crippen MR) is 80.0 cm³/mol. The van der Waals surface area contributed by atoms with Gasteiger partial charge in [-0.05, 0) is 49.4 Å². The summed E-state index contributed by atoms with van der Waals surface area (Å²) in [4.78, 5) is 14.7. The molecule has 4 nitrogen and oxygen atoms in total. The van der Waals surface area contributed by atoms with Gasteiger partial charge in [0.2, 0.25) is 0 Å². The third-order valence-electron chi connectivity index (χ3n) is 4.17. The molecular formula is C16H24N2O2. The molecule has 2 unspecified atom stereocenters. The highest BCUT2D eigenvalue weighted by Gasteiger charge is 2.30. The van der Waals surface area contributed by atoms with Crippen molar-refractivity contribution in [1.29, 1.82) is 0 Å². The fraction of sp³-hybridized carbons (Fsp3) is 0.562. The summed E-state index contributed by atoms with van der Waals surface area (Å²) in [5, 5.41) is 0. The van der Waals surface area contributed by atoms with Crippen LogP contribution in [0.15, 0.2) is 18.2 Å². The van der Waals surface area contributed by atoms with Crippen molar-refractivity contribution >= 4 is 5.91 Å². The fourth-order valence-electron chi connectivity index (χ4n) is 2.90. The van der Waals surface area contributed by atoms with E-state index in [1.807, 2.05) is 30.0 Å². The number of piperidine rings is 1. The van der Waals surface area contributed by atoms with Crippen LogP contribution in [-0.2, 0) is 0 Å². The molecule has 0 aliphatic carbocycles. The quantitative estimate of drug-likeness (QED) is 0.921. The first kappa shape index (κ1) is 14.9. The molecule has 4 heteroatoms. The average Bonchev–Trinajstić information content (AvgIpc) is 2.46. The van der Waals surface area contributed by atoms with Crippen LogP contribution in [-0.4, -0.2) is 37.0 Å². The minimum absolute atomic E-state index is 0.0903. The Morgan fingerprint density at radius 3 is 2.85 bits per heavy atom. The second kappa shape index (κ2) is 6.27. The van der Waals surface area contributed by atoms with Gasteiger partial charge in [0, 0.05) is 24.7 Å². The number of carbonyl (C=O) groups excluding carboxylic acids is 1. The molecular weight excluding hydrogens is 252 g/mol. The van der Waals surface area contributed by atoms with Gasteiger partial charge in [-0.15, -0.1) is 0 Å². The van der Waals surface area contributed by atoms with Crippen molar-refractivity contribution in [3.63, 3.8) is 0 Å². The molecule has 1 saturated heterocycles. The third kappa shape index (κ3) is 2.96. The van der Waals surface area contributed by atoms with Crippen molar-refractivity contribution in [2.45, 2.75) is 32.7 Å². The molecule has 110 valence electrons. The largest absolute Gasteiger partial charge is 0.497 e. The number of hydrogen-bond donors (Lipinski definition) is 1. The smallest absolute Gasteiger partial charge is 0.254 e. The number of nitrogens with zero attached hydrogens (tertiary/aromatic N) is 1. The summed E-state index contributed by atoms with van der Waals surface area (Å²) in [6, 6.07) is 5.75. The van der Waals surface area contributed by atoms with E-state index in [-0.39, 0.29) is 11.9 Å². The maximum absolute atomic E-state index is 12.7. The van der Waals surface area contributed by atoms with E-state index in [0.717, 1.165) is 36.3 Å². The standard InChI is InChI=1S/C16H24N2O2/c1-11-6-7-18(13(8-11)10-17)16(19)15-5-4-14(20-3)9-12(15)2/h4-5,9,11,13H,6-8,10,17H2,1-3H3. The van der Waals surface area contributed by atoms with Gasteiger partial charge in [-0.3, -0.25) is 4.79 Å². The summed E-state index contributed by atoms with van der Waals surface area (Å²) in [7, 11) is 1.63. The molecule has 2 atom stereocenters. The molecule has 2 N–H and O–H groups in total. The van der Waals surface area contributed by atoms with Crippen molar-refractivity contribution in [2.75, 3.05) is 20.2 Å². The first-order valence-corrected chi connectivity index (χ1v) is 7.22. The normalized spacial score (nSPS) is 22.7. The number of ether oxygens (including phenoxy) is 1. The number of rotatable bonds is 3. The van der Waals surface area contributed by atoms with E-state index in [0.29, 0.717) is 12.5 Å². The van der Waals surface area contributed by atoms with Crippen molar-refractivity contribution in [3.05, 3.63) is 29.3 Å². The van der Waals surface area contributed by atoms with E-state index in [1.165, 1.54) is 0 Å². The van der Waals surface area contributed by atoms with Gasteiger partial charge >= 0.3 is 0 Å². The minimum Gasteiger partial charge on any atom is -0.497 e. The Hall–Kier alpha value is -1.55. The Balaban J connectivity index is 2.22. The predicted octanol–water partition coefficient (Wildman–Crippen LogP) is 2.20. The van der Waals surface area contributed by atoms with Gasteiger partial charge in [0.25, 0.3) is 5.91 Å². The maximum Gasteiger partial charge on any atom is 0.254 e. The first-order valence-electron chi connectivity index (χ1n) is 7.22. The van der Waals surface area contributed by atoms with Crippen LogP contribution < -0.4 is 10.5 Å². The average molecular weight is 276 g/mol. The highest BCUT2D eigenvalue weighted by molar-refractivity contribution is 5.96. The number of hydrogen-bond acceptors (Lipinski definition) is 3. The minimum atomic E-state index is 0.0903. The maximum atomic E-state index is 12.7. The third-order valence-corrected chi connectivity index (χ3v) is 4.17. The summed E-state index contributed by atoms with van der Waals surface area (Å²) in [6.45, 7) is 5.50. The fourth-order valence-corrected chi connectivity index (χ4v) is 2.90. The monoisotopic (exact) mass is 276 g/mol. The van der Waals surface area contributed by atoms with Crippen LogP contribution in [0.1, 0.15) is 35.7 Å². The Bertz CT molecular complexity index is 487. The van der Waals surface area contributed by atoms with Crippen LogP contribution in [0.25, 0.3) is 0 Å². The summed E-state index contributed by atoms with van der Waals surface area (Å²) < 4.78 is 5.19. The molecule has 1 aliphatic heterocycles. The lowest BCUT2D eigenvalue weighted by Crippen LogP contribution is -2.49. The van der Waals surface area contributed by atoms with Gasteiger partial charge in [0.1, 0.15) is 5.75 Å². The van der Waals surface area contributed by atoms with Gasteiger partial charge in [-0.25, -0.2) is 0 Å². The van der Waals surface area contributed by atoms with Gasteiger partial charge < -0.3 is 15.4 Å². The number of aryl methyl sites for hydroxylation is 1. The van der Waals surface area contributed by atoms with Gasteiger partial charge in [0.05, 0.1) is 7.11 Å². The Labute approximate surface area is 120 Å². The highest BCUT2D eigenvalue weighted by Crippen LogP contribution is 2.25. The van der Waals surface area contributed by atoms with Crippen LogP contribution >= 0.6 is 0 Å². The number of likely N-dealkylation sites (tertiary alicyclic amines) is 1. The van der Waals surface area contributed by atoms with Crippen molar-refractivity contribution < 1.29 is 9.53 Å². The van der Waals surface area contributed by atoms with E-state index >= 15 is 0 Å². The molecule has 0 radical (unpaired) electrons. The zero-order valence-electron chi connectivity index (χ0n) is 12.6. The van der Waals surface area contributed by atoms with Gasteiger partial charge in [-0.1, -0.05) is 6.92 Å². The lowest BCUT2D eigenvalue weighted by molar-refractivity contribution is 0.0573. The number of methoxy groups -OCH3 is 1. The summed E-state index contributed by atoms with van der Waals surface area (Å²) in [5.74, 6) is 1.51. The van der Waals surface area contributed by atoms with Crippen molar-refractivity contribution in [2.24, 2.45) is 11.7 Å². The lowest BCUT2D eigenvalue weighted by Gasteiger charge is -2.38. The van der Waals surface area contributed by atoms with E-state index in [4.69, 9.17) is 10.5 Å². The summed E-state index contributed by atoms with van der Waals surface area (Å²) in [5.41, 5.74) is 7.54. The molecule has 1 amide bonds. The highest BCUT2D eigenvalue weighted by atomic mass is 16.5. The molecule has 0 spiro atoms. The van der Waals surface area contributed by atoms with Crippen LogP contribution in [0.5, 0.6) is 5.75 Å². The molecule has 1 heterocycles. The van der Waals surface area contributed by atoms with E-state index in [1.54, 1.807) is 7.11 Å². The zero-order valence-corrected chi connectivity index (χ0v) is 12.6. The molecule has 0 aromatic heterocycles. The van der Waals surface area contributed by atoms with Crippen LogP contribution in [0.2, 0.25) is 0 Å². The topological polar surface area (TPSA) is 55.6 Å². The molecule has 1 fully saturated rings. The molecule has 0 bridgehead atoms. The molecule has 1 aromatic rings. The van der Waals surface area contributed by atoms with Gasteiger partial charge in [-0.2, -0.15) is 0 Å². The molecule has 20 heavy (non-hydrogen) atoms. The number of amides is 1. The SMILES string of the molecule is COc1ccc(C(=O)N2CCC(C)CC2CN)c(C)c1. The summed E-state index contributed by atoms with van der Waals surface area (Å²) in [6.07, 6.45) is 2.05.